The van der Waals surface area contributed by atoms with Gasteiger partial charge in [0.15, 0.2) is 6.10 Å². The number of esters is 1. The van der Waals surface area contributed by atoms with Crippen molar-refractivity contribution in [3.8, 4) is 0 Å². The van der Waals surface area contributed by atoms with E-state index in [-0.39, 0.29) is 29.4 Å². The van der Waals surface area contributed by atoms with Gasteiger partial charge < -0.3 is 4.74 Å². The quantitative estimate of drug-likeness (QED) is 0.340. The van der Waals surface area contributed by atoms with Crippen molar-refractivity contribution < 1.29 is 19.2 Å². The SMILES string of the molecule is Cc1ccc(C(=O)[C@@H](C)OC(=O)Cn2nc(C)c([N+](=O)[O-])c2C)cc1C. The van der Waals surface area contributed by atoms with E-state index in [1.54, 1.807) is 12.1 Å². The lowest BCUT2D eigenvalue weighted by Gasteiger charge is -2.13. The van der Waals surface area contributed by atoms with E-state index in [9.17, 15) is 19.7 Å². The summed E-state index contributed by atoms with van der Waals surface area (Å²) in [6, 6.07) is 5.29. The molecule has 0 radical (unpaired) electrons. The Kier molecular flexibility index (Phi) is 5.54. The second-order valence-electron chi connectivity index (χ2n) is 6.23. The van der Waals surface area contributed by atoms with Gasteiger partial charge in [-0.05, 0) is 51.8 Å². The van der Waals surface area contributed by atoms with Gasteiger partial charge in [0.1, 0.15) is 17.9 Å². The number of aromatic nitrogens is 2. The summed E-state index contributed by atoms with van der Waals surface area (Å²) in [6.45, 7) is 8.05. The highest BCUT2D eigenvalue weighted by molar-refractivity contribution is 6.00. The maximum absolute atomic E-state index is 12.4. The van der Waals surface area contributed by atoms with Crippen molar-refractivity contribution in [2.45, 2.75) is 47.3 Å². The number of rotatable bonds is 6. The number of ketones is 1. The number of nitro groups is 1. The van der Waals surface area contributed by atoms with Crippen LogP contribution in [0.1, 0.15) is 39.8 Å². The number of aryl methyl sites for hydroxylation is 3. The molecule has 0 aliphatic rings. The lowest BCUT2D eigenvalue weighted by Crippen LogP contribution is -2.27. The highest BCUT2D eigenvalue weighted by Crippen LogP contribution is 2.21. The van der Waals surface area contributed by atoms with Gasteiger partial charge in [0.05, 0.1) is 4.92 Å². The van der Waals surface area contributed by atoms with E-state index in [1.165, 1.54) is 25.5 Å². The predicted molar refractivity (Wildman–Crippen MR) is 94.2 cm³/mol. The number of hydrogen-bond donors (Lipinski definition) is 0. The summed E-state index contributed by atoms with van der Waals surface area (Å²) in [5, 5.41) is 15.0. The van der Waals surface area contributed by atoms with Crippen molar-refractivity contribution in [1.82, 2.24) is 9.78 Å². The van der Waals surface area contributed by atoms with Gasteiger partial charge in [0.25, 0.3) is 0 Å². The van der Waals surface area contributed by atoms with Crippen LogP contribution in [0.15, 0.2) is 18.2 Å². The van der Waals surface area contributed by atoms with Gasteiger partial charge in [0, 0.05) is 5.56 Å². The minimum Gasteiger partial charge on any atom is -0.453 e. The Labute approximate surface area is 150 Å². The molecule has 2 rings (SSSR count). The molecule has 138 valence electrons. The molecule has 8 heteroatoms. The molecule has 0 aliphatic carbocycles. The first-order valence-electron chi connectivity index (χ1n) is 8.11. The van der Waals surface area contributed by atoms with Crippen LogP contribution in [0, 0.1) is 37.8 Å². The summed E-state index contributed by atoms with van der Waals surface area (Å²) < 4.78 is 6.40. The number of ether oxygens (including phenoxy) is 1. The van der Waals surface area contributed by atoms with Crippen LogP contribution >= 0.6 is 0 Å². The van der Waals surface area contributed by atoms with Gasteiger partial charge in [-0.25, -0.2) is 0 Å². The number of carbonyl (C=O) groups excluding carboxylic acids is 2. The first-order valence-corrected chi connectivity index (χ1v) is 8.11. The Morgan fingerprint density at radius 2 is 1.88 bits per heavy atom. The highest BCUT2D eigenvalue weighted by atomic mass is 16.6. The zero-order valence-corrected chi connectivity index (χ0v) is 15.4. The molecule has 0 amide bonds. The fourth-order valence-electron chi connectivity index (χ4n) is 2.65. The van der Waals surface area contributed by atoms with E-state index in [2.05, 4.69) is 5.10 Å². The number of hydrogen-bond acceptors (Lipinski definition) is 6. The Morgan fingerprint density at radius 3 is 2.42 bits per heavy atom. The van der Waals surface area contributed by atoms with E-state index >= 15 is 0 Å². The van der Waals surface area contributed by atoms with Gasteiger partial charge in [-0.3, -0.25) is 24.4 Å². The van der Waals surface area contributed by atoms with Crippen molar-refractivity contribution in [1.29, 1.82) is 0 Å². The smallest absolute Gasteiger partial charge is 0.328 e. The minimum absolute atomic E-state index is 0.128. The Balaban J connectivity index is 2.07. The van der Waals surface area contributed by atoms with Gasteiger partial charge in [-0.15, -0.1) is 0 Å². The summed E-state index contributed by atoms with van der Waals surface area (Å²) in [5.41, 5.74) is 2.87. The molecular weight excluding hydrogens is 338 g/mol. The molecule has 0 aliphatic heterocycles. The third kappa shape index (κ3) is 3.96. The molecule has 0 saturated carbocycles. The monoisotopic (exact) mass is 359 g/mol. The lowest BCUT2D eigenvalue weighted by atomic mass is 10.0. The number of nitrogens with zero attached hydrogens (tertiary/aromatic N) is 3. The average molecular weight is 359 g/mol. The molecule has 0 spiro atoms. The fraction of sp³-hybridized carbons (Fsp3) is 0.389. The van der Waals surface area contributed by atoms with Crippen LogP contribution in [0.4, 0.5) is 5.69 Å². The maximum atomic E-state index is 12.4. The maximum Gasteiger partial charge on any atom is 0.328 e. The molecule has 1 aromatic carbocycles. The lowest BCUT2D eigenvalue weighted by molar-refractivity contribution is -0.386. The van der Waals surface area contributed by atoms with Crippen LogP contribution in [0.25, 0.3) is 0 Å². The van der Waals surface area contributed by atoms with E-state index in [4.69, 9.17) is 4.74 Å². The van der Waals surface area contributed by atoms with E-state index < -0.39 is 17.0 Å². The van der Waals surface area contributed by atoms with Crippen LogP contribution in [-0.4, -0.2) is 32.6 Å². The van der Waals surface area contributed by atoms with Crippen LogP contribution in [-0.2, 0) is 16.1 Å². The Hall–Kier alpha value is -3.03. The number of Topliss-reactive ketones (excluding diaryl/α,β-unsaturated/α-hetero) is 1. The molecule has 0 unspecified atom stereocenters. The third-order valence-corrected chi connectivity index (χ3v) is 4.27. The number of benzene rings is 1. The average Bonchev–Trinajstić information content (AvgIpc) is 2.82. The number of carbonyl (C=O) groups is 2. The van der Waals surface area contributed by atoms with Crippen molar-refractivity contribution in [3.05, 3.63) is 56.4 Å². The first-order chi connectivity index (χ1) is 12.1. The van der Waals surface area contributed by atoms with Gasteiger partial charge in [0.2, 0.25) is 5.78 Å². The highest BCUT2D eigenvalue weighted by Gasteiger charge is 2.25. The van der Waals surface area contributed by atoms with Crippen molar-refractivity contribution in [2.75, 3.05) is 0 Å². The van der Waals surface area contributed by atoms with E-state index in [1.807, 2.05) is 19.9 Å². The van der Waals surface area contributed by atoms with Crippen molar-refractivity contribution >= 4 is 17.4 Å². The van der Waals surface area contributed by atoms with Crippen molar-refractivity contribution in [2.24, 2.45) is 0 Å². The van der Waals surface area contributed by atoms with Crippen LogP contribution in [0.2, 0.25) is 0 Å². The molecule has 8 nitrogen and oxygen atoms in total. The summed E-state index contributed by atoms with van der Waals surface area (Å²) in [7, 11) is 0. The van der Waals surface area contributed by atoms with E-state index in [0.717, 1.165) is 11.1 Å². The third-order valence-electron chi connectivity index (χ3n) is 4.27. The summed E-state index contributed by atoms with van der Waals surface area (Å²) >= 11 is 0. The van der Waals surface area contributed by atoms with Gasteiger partial charge in [-0.1, -0.05) is 12.1 Å². The van der Waals surface area contributed by atoms with Crippen molar-refractivity contribution in [3.63, 3.8) is 0 Å². The second kappa shape index (κ2) is 7.47. The molecule has 0 fully saturated rings. The molecule has 0 saturated heterocycles. The minimum atomic E-state index is -0.962. The molecule has 1 heterocycles. The summed E-state index contributed by atoms with van der Waals surface area (Å²) in [6.07, 6.45) is -0.962. The van der Waals surface area contributed by atoms with Crippen LogP contribution in [0.3, 0.4) is 0 Å². The topological polar surface area (TPSA) is 104 Å². The molecule has 1 aromatic heterocycles. The second-order valence-corrected chi connectivity index (χ2v) is 6.23. The van der Waals surface area contributed by atoms with Gasteiger partial charge in [-0.2, -0.15) is 5.10 Å². The molecule has 0 bridgehead atoms. The Morgan fingerprint density at radius 1 is 1.23 bits per heavy atom. The van der Waals surface area contributed by atoms with E-state index in [0.29, 0.717) is 5.56 Å². The molecular formula is C18H21N3O5. The molecule has 2 aromatic rings. The first kappa shape index (κ1) is 19.3. The molecule has 0 N–H and O–H groups in total. The Bertz CT molecular complexity index is 885. The largest absolute Gasteiger partial charge is 0.453 e. The zero-order valence-electron chi connectivity index (χ0n) is 15.4. The fourth-order valence-corrected chi connectivity index (χ4v) is 2.65. The summed E-state index contributed by atoms with van der Waals surface area (Å²) in [4.78, 5) is 35.0. The predicted octanol–water partition coefficient (Wildman–Crippen LogP) is 2.84. The van der Waals surface area contributed by atoms with Crippen LogP contribution < -0.4 is 0 Å². The van der Waals surface area contributed by atoms with Crippen LogP contribution in [0.5, 0.6) is 0 Å². The normalized spacial score (nSPS) is 11.9. The standard InChI is InChI=1S/C18H21N3O5/c1-10-6-7-15(8-11(10)2)18(23)14(5)26-16(22)9-20-13(4)17(21(24)25)12(3)19-20/h6-8,14H,9H2,1-5H3/t14-/m1/s1. The van der Waals surface area contributed by atoms with Gasteiger partial charge >= 0.3 is 11.7 Å². The molecule has 1 atom stereocenters. The zero-order chi connectivity index (χ0) is 19.6. The summed E-state index contributed by atoms with van der Waals surface area (Å²) in [5.74, 6) is -0.990. The molecule has 26 heavy (non-hydrogen) atoms.